The molecule has 0 unspecified atom stereocenters. The van der Waals surface area contributed by atoms with Crippen LogP contribution in [0.1, 0.15) is 5.56 Å². The molecule has 0 aliphatic rings. The number of nitrogens with zero attached hydrogens (tertiary/aromatic N) is 3. The normalized spacial score (nSPS) is 9.69. The maximum atomic E-state index is 11.2. The van der Waals surface area contributed by atoms with Crippen LogP contribution in [0, 0.1) is 11.3 Å². The summed E-state index contributed by atoms with van der Waals surface area (Å²) >= 11 is 0. The zero-order chi connectivity index (χ0) is 11.5. The predicted octanol–water partition coefficient (Wildman–Crippen LogP) is 0.286. The SMILES string of the molecule is N#Cc1cc(-c2cncc(N)n2)c[nH]c1=O. The number of pyridine rings is 1. The largest absolute Gasteiger partial charge is 0.382 e. The lowest BCUT2D eigenvalue weighted by Gasteiger charge is -2.00. The molecule has 2 aromatic rings. The van der Waals surface area contributed by atoms with Crippen molar-refractivity contribution in [2.75, 3.05) is 5.73 Å². The van der Waals surface area contributed by atoms with Crippen molar-refractivity contribution in [3.05, 3.63) is 40.6 Å². The molecular formula is C10H7N5O. The fourth-order valence-electron chi connectivity index (χ4n) is 1.23. The van der Waals surface area contributed by atoms with Crippen LogP contribution in [0.5, 0.6) is 0 Å². The Bertz CT molecular complexity index is 626. The third-order valence-electron chi connectivity index (χ3n) is 1.97. The molecule has 2 heterocycles. The van der Waals surface area contributed by atoms with E-state index in [4.69, 9.17) is 11.0 Å². The van der Waals surface area contributed by atoms with Crippen molar-refractivity contribution in [3.8, 4) is 17.3 Å². The minimum atomic E-state index is -0.428. The summed E-state index contributed by atoms with van der Waals surface area (Å²) in [4.78, 5) is 21.5. The number of nitriles is 1. The number of nitrogen functional groups attached to an aromatic ring is 1. The van der Waals surface area contributed by atoms with Gasteiger partial charge in [0.05, 0.1) is 18.1 Å². The lowest BCUT2D eigenvalue weighted by molar-refractivity contribution is 1.18. The number of hydrogen-bond donors (Lipinski definition) is 2. The first kappa shape index (κ1) is 9.86. The van der Waals surface area contributed by atoms with E-state index in [1.807, 2.05) is 0 Å². The van der Waals surface area contributed by atoms with E-state index in [9.17, 15) is 4.79 Å². The summed E-state index contributed by atoms with van der Waals surface area (Å²) in [5.74, 6) is 0.280. The molecule has 0 saturated carbocycles. The van der Waals surface area contributed by atoms with Crippen LogP contribution in [0.25, 0.3) is 11.3 Å². The number of hydrogen-bond acceptors (Lipinski definition) is 5. The van der Waals surface area contributed by atoms with Crippen molar-refractivity contribution in [2.24, 2.45) is 0 Å². The summed E-state index contributed by atoms with van der Waals surface area (Å²) in [5, 5.41) is 8.71. The van der Waals surface area contributed by atoms with Crippen LogP contribution in [0.4, 0.5) is 5.82 Å². The molecule has 0 saturated heterocycles. The van der Waals surface area contributed by atoms with Gasteiger partial charge in [0.2, 0.25) is 0 Å². The highest BCUT2D eigenvalue weighted by Gasteiger charge is 2.04. The van der Waals surface area contributed by atoms with E-state index < -0.39 is 5.56 Å². The number of anilines is 1. The van der Waals surface area contributed by atoms with Crippen molar-refractivity contribution in [1.82, 2.24) is 15.0 Å². The van der Waals surface area contributed by atoms with Crippen molar-refractivity contribution in [3.63, 3.8) is 0 Å². The monoisotopic (exact) mass is 213 g/mol. The molecule has 0 aromatic carbocycles. The van der Waals surface area contributed by atoms with Gasteiger partial charge in [-0.1, -0.05) is 0 Å². The van der Waals surface area contributed by atoms with E-state index in [1.165, 1.54) is 24.7 Å². The highest BCUT2D eigenvalue weighted by Crippen LogP contribution is 2.15. The zero-order valence-corrected chi connectivity index (χ0v) is 8.14. The Hall–Kier alpha value is -2.68. The second kappa shape index (κ2) is 3.82. The van der Waals surface area contributed by atoms with Gasteiger partial charge in [-0.2, -0.15) is 5.26 Å². The molecule has 0 aliphatic heterocycles. The van der Waals surface area contributed by atoms with Crippen molar-refractivity contribution in [1.29, 1.82) is 5.26 Å². The zero-order valence-electron chi connectivity index (χ0n) is 8.14. The molecule has 0 spiro atoms. The molecule has 2 rings (SSSR count). The van der Waals surface area contributed by atoms with Crippen LogP contribution < -0.4 is 11.3 Å². The summed E-state index contributed by atoms with van der Waals surface area (Å²) in [7, 11) is 0. The Balaban J connectivity index is 2.58. The minimum Gasteiger partial charge on any atom is -0.382 e. The van der Waals surface area contributed by atoms with Gasteiger partial charge in [0, 0.05) is 11.8 Å². The molecule has 16 heavy (non-hydrogen) atoms. The van der Waals surface area contributed by atoms with Crippen LogP contribution in [-0.2, 0) is 0 Å². The predicted molar refractivity (Wildman–Crippen MR) is 57.2 cm³/mol. The third-order valence-corrected chi connectivity index (χ3v) is 1.97. The smallest absolute Gasteiger partial charge is 0.265 e. The second-order valence-electron chi connectivity index (χ2n) is 3.07. The molecule has 0 bridgehead atoms. The van der Waals surface area contributed by atoms with E-state index in [1.54, 1.807) is 6.07 Å². The van der Waals surface area contributed by atoms with E-state index in [-0.39, 0.29) is 11.4 Å². The average Bonchev–Trinajstić information content (AvgIpc) is 2.29. The van der Waals surface area contributed by atoms with Gasteiger partial charge in [-0.05, 0) is 6.07 Å². The Labute approximate surface area is 90.4 Å². The maximum absolute atomic E-state index is 11.2. The molecule has 2 aromatic heterocycles. The molecule has 3 N–H and O–H groups in total. The third kappa shape index (κ3) is 1.74. The molecule has 78 valence electrons. The van der Waals surface area contributed by atoms with Crippen molar-refractivity contribution in [2.45, 2.75) is 0 Å². The Morgan fingerprint density at radius 1 is 1.44 bits per heavy atom. The first-order valence-electron chi connectivity index (χ1n) is 4.41. The summed E-state index contributed by atoms with van der Waals surface area (Å²) in [6, 6.07) is 3.24. The van der Waals surface area contributed by atoms with Crippen LogP contribution in [0.15, 0.2) is 29.5 Å². The van der Waals surface area contributed by atoms with Crippen LogP contribution >= 0.6 is 0 Å². The number of nitrogens with two attached hydrogens (primary N) is 1. The molecule has 0 atom stereocenters. The molecule has 0 fully saturated rings. The van der Waals surface area contributed by atoms with Crippen molar-refractivity contribution < 1.29 is 0 Å². The summed E-state index contributed by atoms with van der Waals surface area (Å²) in [6.07, 6.45) is 4.39. The summed E-state index contributed by atoms with van der Waals surface area (Å²) < 4.78 is 0. The first-order valence-corrected chi connectivity index (χ1v) is 4.41. The lowest BCUT2D eigenvalue weighted by Crippen LogP contribution is -2.09. The molecule has 6 heteroatoms. The fourth-order valence-corrected chi connectivity index (χ4v) is 1.23. The van der Waals surface area contributed by atoms with Gasteiger partial charge in [-0.25, -0.2) is 4.98 Å². The van der Waals surface area contributed by atoms with E-state index >= 15 is 0 Å². The van der Waals surface area contributed by atoms with E-state index in [0.29, 0.717) is 11.3 Å². The summed E-state index contributed by atoms with van der Waals surface area (Å²) in [6.45, 7) is 0. The van der Waals surface area contributed by atoms with Crippen molar-refractivity contribution >= 4 is 5.82 Å². The lowest BCUT2D eigenvalue weighted by atomic mass is 10.1. The first-order chi connectivity index (χ1) is 7.70. The minimum absolute atomic E-state index is 0.0294. The number of nitrogens with one attached hydrogen (secondary N) is 1. The molecule has 0 amide bonds. The van der Waals surface area contributed by atoms with Gasteiger partial charge in [0.15, 0.2) is 0 Å². The van der Waals surface area contributed by atoms with Gasteiger partial charge in [-0.15, -0.1) is 0 Å². The van der Waals surface area contributed by atoms with Gasteiger partial charge in [0.1, 0.15) is 17.5 Å². The fraction of sp³-hybridized carbons (Fsp3) is 0. The molecular weight excluding hydrogens is 206 g/mol. The van der Waals surface area contributed by atoms with Crippen LogP contribution in [0.2, 0.25) is 0 Å². The molecule has 0 radical (unpaired) electrons. The average molecular weight is 213 g/mol. The van der Waals surface area contributed by atoms with Gasteiger partial charge < -0.3 is 10.7 Å². The highest BCUT2D eigenvalue weighted by molar-refractivity contribution is 5.60. The number of aromatic amines is 1. The van der Waals surface area contributed by atoms with E-state index in [0.717, 1.165) is 0 Å². The number of aromatic nitrogens is 3. The van der Waals surface area contributed by atoms with Gasteiger partial charge in [-0.3, -0.25) is 9.78 Å². The quantitative estimate of drug-likeness (QED) is 0.707. The Morgan fingerprint density at radius 2 is 2.25 bits per heavy atom. The number of rotatable bonds is 1. The second-order valence-corrected chi connectivity index (χ2v) is 3.07. The Kier molecular flexibility index (Phi) is 2.36. The standard InChI is InChI=1S/C10H7N5O/c11-2-6-1-7(3-14-10(6)16)8-4-13-5-9(12)15-8/h1,3-5H,(H2,12,15)(H,14,16). The summed E-state index contributed by atoms with van der Waals surface area (Å²) in [5.41, 5.74) is 6.19. The van der Waals surface area contributed by atoms with Gasteiger partial charge >= 0.3 is 0 Å². The van der Waals surface area contributed by atoms with E-state index in [2.05, 4.69) is 15.0 Å². The molecule has 6 nitrogen and oxygen atoms in total. The van der Waals surface area contributed by atoms with Crippen LogP contribution in [-0.4, -0.2) is 15.0 Å². The topological polar surface area (TPSA) is 108 Å². The Morgan fingerprint density at radius 3 is 2.94 bits per heavy atom. The van der Waals surface area contributed by atoms with Crippen LogP contribution in [0.3, 0.4) is 0 Å². The maximum Gasteiger partial charge on any atom is 0.265 e. The highest BCUT2D eigenvalue weighted by atomic mass is 16.1. The van der Waals surface area contributed by atoms with Gasteiger partial charge in [0.25, 0.3) is 5.56 Å². The number of H-pyrrole nitrogens is 1. The molecule has 0 aliphatic carbocycles.